The third-order valence-corrected chi connectivity index (χ3v) is 4.53. The van der Waals surface area contributed by atoms with Crippen molar-refractivity contribution < 1.29 is 18.3 Å². The van der Waals surface area contributed by atoms with Crippen molar-refractivity contribution in [1.82, 2.24) is 10.2 Å². The fraction of sp³-hybridized carbons (Fsp3) is 0.350. The predicted molar refractivity (Wildman–Crippen MR) is 95.4 cm³/mol. The van der Waals surface area contributed by atoms with E-state index in [1.165, 1.54) is 6.07 Å². The maximum atomic E-state index is 13.2. The number of ether oxygens (including phenoxy) is 1. The highest BCUT2D eigenvalue weighted by Gasteiger charge is 2.24. The van der Waals surface area contributed by atoms with Crippen molar-refractivity contribution in [3.05, 3.63) is 59.7 Å². The van der Waals surface area contributed by atoms with E-state index < -0.39 is 11.6 Å². The summed E-state index contributed by atoms with van der Waals surface area (Å²) in [6.07, 6.45) is 2.14. The average molecular weight is 360 g/mol. The van der Waals surface area contributed by atoms with Crippen LogP contribution in [0.15, 0.2) is 42.5 Å². The van der Waals surface area contributed by atoms with Crippen LogP contribution >= 0.6 is 0 Å². The molecule has 0 radical (unpaired) electrons. The number of piperidine rings is 1. The number of hydrogen-bond donors (Lipinski definition) is 1. The van der Waals surface area contributed by atoms with Gasteiger partial charge in [0.2, 0.25) is 0 Å². The molecule has 6 heteroatoms. The standard InChI is InChI=1S/C20H22F2N2O2/c1-23-12-14-3-2-10-24(13-14)20(25)15-4-6-16(7-5-15)26-17-8-9-18(21)19(22)11-17/h4-9,11,14,23H,2-3,10,12-13H2,1H3/t14-/m1/s1. The van der Waals surface area contributed by atoms with Crippen molar-refractivity contribution >= 4 is 5.91 Å². The van der Waals surface area contributed by atoms with Crippen LogP contribution in [0.25, 0.3) is 0 Å². The van der Waals surface area contributed by atoms with Gasteiger partial charge in [0.15, 0.2) is 11.6 Å². The summed E-state index contributed by atoms with van der Waals surface area (Å²) >= 11 is 0. The van der Waals surface area contributed by atoms with Crippen molar-refractivity contribution in [2.75, 3.05) is 26.7 Å². The summed E-state index contributed by atoms with van der Waals surface area (Å²) in [7, 11) is 1.92. The largest absolute Gasteiger partial charge is 0.457 e. The van der Waals surface area contributed by atoms with Crippen molar-refractivity contribution in [2.24, 2.45) is 5.92 Å². The van der Waals surface area contributed by atoms with E-state index in [1.807, 2.05) is 11.9 Å². The summed E-state index contributed by atoms with van der Waals surface area (Å²) in [6, 6.07) is 10.1. The van der Waals surface area contributed by atoms with E-state index in [2.05, 4.69) is 5.32 Å². The minimum absolute atomic E-state index is 0.00480. The Kier molecular flexibility index (Phi) is 5.83. The van der Waals surface area contributed by atoms with Gasteiger partial charge in [-0.05, 0) is 68.8 Å². The minimum atomic E-state index is -0.962. The quantitative estimate of drug-likeness (QED) is 0.881. The molecule has 1 saturated heterocycles. The number of carbonyl (C=O) groups is 1. The molecule has 1 aliphatic rings. The molecule has 1 aliphatic heterocycles. The predicted octanol–water partition coefficient (Wildman–Crippen LogP) is 3.83. The molecule has 138 valence electrons. The second-order valence-electron chi connectivity index (χ2n) is 6.52. The number of benzene rings is 2. The van der Waals surface area contributed by atoms with E-state index in [4.69, 9.17) is 4.74 Å². The highest BCUT2D eigenvalue weighted by atomic mass is 19.2. The smallest absolute Gasteiger partial charge is 0.253 e. The zero-order valence-electron chi connectivity index (χ0n) is 14.7. The third-order valence-electron chi connectivity index (χ3n) is 4.53. The lowest BCUT2D eigenvalue weighted by molar-refractivity contribution is 0.0674. The Morgan fingerprint density at radius 2 is 1.88 bits per heavy atom. The summed E-state index contributed by atoms with van der Waals surface area (Å²) in [5, 5.41) is 3.17. The Labute approximate surface area is 151 Å². The van der Waals surface area contributed by atoms with Crippen LogP contribution in [0, 0.1) is 17.6 Å². The van der Waals surface area contributed by atoms with Crippen molar-refractivity contribution in [1.29, 1.82) is 0 Å². The van der Waals surface area contributed by atoms with Crippen molar-refractivity contribution in [3.63, 3.8) is 0 Å². The molecule has 1 N–H and O–H groups in total. The van der Waals surface area contributed by atoms with E-state index in [0.29, 0.717) is 17.2 Å². The van der Waals surface area contributed by atoms with Crippen LogP contribution in [0.1, 0.15) is 23.2 Å². The number of amides is 1. The lowest BCUT2D eigenvalue weighted by Gasteiger charge is -2.32. The second-order valence-corrected chi connectivity index (χ2v) is 6.52. The lowest BCUT2D eigenvalue weighted by Crippen LogP contribution is -2.42. The molecule has 2 aromatic rings. The Hall–Kier alpha value is -2.47. The number of nitrogens with zero attached hydrogens (tertiary/aromatic N) is 1. The van der Waals surface area contributed by atoms with E-state index in [9.17, 15) is 13.6 Å². The summed E-state index contributed by atoms with van der Waals surface area (Å²) in [5.41, 5.74) is 0.591. The molecule has 3 rings (SSSR count). The molecule has 0 aliphatic carbocycles. The third kappa shape index (κ3) is 4.38. The first-order chi connectivity index (χ1) is 12.6. The van der Waals surface area contributed by atoms with Gasteiger partial charge in [-0.1, -0.05) is 0 Å². The van der Waals surface area contributed by atoms with Gasteiger partial charge in [0.1, 0.15) is 11.5 Å². The number of hydrogen-bond acceptors (Lipinski definition) is 3. The number of likely N-dealkylation sites (tertiary alicyclic amines) is 1. The molecule has 1 amide bonds. The van der Waals surface area contributed by atoms with Gasteiger partial charge in [0.05, 0.1) is 0 Å². The zero-order valence-corrected chi connectivity index (χ0v) is 14.7. The van der Waals surface area contributed by atoms with Crippen molar-refractivity contribution in [3.8, 4) is 11.5 Å². The van der Waals surface area contributed by atoms with Gasteiger partial charge >= 0.3 is 0 Å². The molecular weight excluding hydrogens is 338 g/mol. The maximum Gasteiger partial charge on any atom is 0.253 e. The topological polar surface area (TPSA) is 41.6 Å². The first-order valence-electron chi connectivity index (χ1n) is 8.73. The van der Waals surface area contributed by atoms with Gasteiger partial charge in [-0.15, -0.1) is 0 Å². The Morgan fingerprint density at radius 3 is 2.58 bits per heavy atom. The van der Waals surface area contributed by atoms with Crippen LogP contribution < -0.4 is 10.1 Å². The zero-order chi connectivity index (χ0) is 18.5. The van der Waals surface area contributed by atoms with Crippen molar-refractivity contribution in [2.45, 2.75) is 12.8 Å². The first-order valence-corrected chi connectivity index (χ1v) is 8.73. The molecule has 0 spiro atoms. The second kappa shape index (κ2) is 8.27. The van der Waals surface area contributed by atoms with Gasteiger partial charge in [-0.2, -0.15) is 0 Å². The Morgan fingerprint density at radius 1 is 1.15 bits per heavy atom. The van der Waals surface area contributed by atoms with Gasteiger partial charge in [0, 0.05) is 24.7 Å². The van der Waals surface area contributed by atoms with Gasteiger partial charge in [-0.25, -0.2) is 8.78 Å². The Balaban J connectivity index is 1.65. The van der Waals surface area contributed by atoms with Crippen LogP contribution in [0.4, 0.5) is 8.78 Å². The number of halogens is 2. The van der Waals surface area contributed by atoms with Gasteiger partial charge in [0.25, 0.3) is 5.91 Å². The highest BCUT2D eigenvalue weighted by molar-refractivity contribution is 5.94. The first kappa shape index (κ1) is 18.3. The summed E-state index contributed by atoms with van der Waals surface area (Å²) in [4.78, 5) is 14.6. The van der Waals surface area contributed by atoms with Crippen LogP contribution in [-0.2, 0) is 0 Å². The molecule has 1 fully saturated rings. The van der Waals surface area contributed by atoms with Gasteiger partial charge in [-0.3, -0.25) is 4.79 Å². The SMILES string of the molecule is CNC[C@H]1CCCN(C(=O)c2ccc(Oc3ccc(F)c(F)c3)cc2)C1. The van der Waals surface area contributed by atoms with Gasteiger partial charge < -0.3 is 15.0 Å². The number of carbonyl (C=O) groups excluding carboxylic acids is 1. The molecule has 4 nitrogen and oxygen atoms in total. The average Bonchev–Trinajstić information content (AvgIpc) is 2.65. The molecule has 1 atom stereocenters. The van der Waals surface area contributed by atoms with E-state index in [0.717, 1.165) is 44.6 Å². The highest BCUT2D eigenvalue weighted by Crippen LogP contribution is 2.24. The molecule has 26 heavy (non-hydrogen) atoms. The van der Waals surface area contributed by atoms with Crippen LogP contribution in [0.3, 0.4) is 0 Å². The van der Waals surface area contributed by atoms with Crippen LogP contribution in [-0.4, -0.2) is 37.5 Å². The maximum absolute atomic E-state index is 13.2. The molecular formula is C20H22F2N2O2. The Bertz CT molecular complexity index is 763. The summed E-state index contributed by atoms with van der Waals surface area (Å²) in [6.45, 7) is 2.43. The van der Waals surface area contributed by atoms with E-state index in [1.54, 1.807) is 24.3 Å². The number of rotatable bonds is 5. The van der Waals surface area contributed by atoms with E-state index in [-0.39, 0.29) is 11.7 Å². The molecule has 0 aromatic heterocycles. The van der Waals surface area contributed by atoms with Crippen LogP contribution in [0.5, 0.6) is 11.5 Å². The molecule has 0 bridgehead atoms. The summed E-state index contributed by atoms with van der Waals surface area (Å²) in [5.74, 6) is -0.737. The fourth-order valence-electron chi connectivity index (χ4n) is 3.23. The molecule has 2 aromatic carbocycles. The normalized spacial score (nSPS) is 17.2. The monoisotopic (exact) mass is 360 g/mol. The fourth-order valence-corrected chi connectivity index (χ4v) is 3.23. The van der Waals surface area contributed by atoms with Crippen LogP contribution in [0.2, 0.25) is 0 Å². The molecule has 1 heterocycles. The minimum Gasteiger partial charge on any atom is -0.457 e. The lowest BCUT2D eigenvalue weighted by atomic mass is 9.97. The van der Waals surface area contributed by atoms with E-state index >= 15 is 0 Å². The molecule has 0 saturated carbocycles. The summed E-state index contributed by atoms with van der Waals surface area (Å²) < 4.78 is 31.7. The number of nitrogens with one attached hydrogen (secondary N) is 1. The molecule has 0 unspecified atom stereocenters.